The molecule has 1 unspecified atom stereocenters. The van der Waals surface area contributed by atoms with Gasteiger partial charge in [-0.05, 0) is 41.5 Å². The van der Waals surface area contributed by atoms with Gasteiger partial charge >= 0.3 is 0 Å². The lowest BCUT2D eigenvalue weighted by Crippen LogP contribution is -2.32. The predicted octanol–water partition coefficient (Wildman–Crippen LogP) is 4.11. The van der Waals surface area contributed by atoms with Crippen molar-refractivity contribution in [1.29, 1.82) is 0 Å². The molecule has 3 heterocycles. The molecule has 2 aromatic heterocycles. The molecule has 0 radical (unpaired) electrons. The lowest BCUT2D eigenvalue weighted by molar-refractivity contribution is -0.121. The van der Waals surface area contributed by atoms with Gasteiger partial charge in [-0.2, -0.15) is 5.10 Å². The van der Waals surface area contributed by atoms with Crippen LogP contribution in [0.4, 0.5) is 0 Å². The van der Waals surface area contributed by atoms with Crippen LogP contribution in [0.3, 0.4) is 0 Å². The number of carbonyl (C=O) groups excluding carboxylic acids is 1. The van der Waals surface area contributed by atoms with Crippen LogP contribution in [0.1, 0.15) is 32.9 Å². The lowest BCUT2D eigenvalue weighted by Gasteiger charge is -2.26. The zero-order chi connectivity index (χ0) is 20.6. The third-order valence-electron chi connectivity index (χ3n) is 5.60. The molecule has 1 atom stereocenters. The van der Waals surface area contributed by atoms with Crippen molar-refractivity contribution in [3.8, 4) is 11.1 Å². The van der Waals surface area contributed by atoms with Gasteiger partial charge in [0.2, 0.25) is 0 Å². The van der Waals surface area contributed by atoms with E-state index >= 15 is 0 Å². The third kappa shape index (κ3) is 4.73. The molecule has 1 aromatic carbocycles. The van der Waals surface area contributed by atoms with Crippen LogP contribution in [-0.4, -0.2) is 45.1 Å². The highest BCUT2D eigenvalue weighted by atomic mass is 16.1. The van der Waals surface area contributed by atoms with E-state index in [1.807, 2.05) is 25.6 Å². The Labute approximate surface area is 172 Å². The highest BCUT2D eigenvalue weighted by Gasteiger charge is 2.30. The quantitative estimate of drug-likeness (QED) is 0.658. The number of nitrogens with zero attached hydrogens (tertiary/aromatic N) is 4. The van der Waals surface area contributed by atoms with Crippen LogP contribution in [0.5, 0.6) is 0 Å². The van der Waals surface area contributed by atoms with Crippen LogP contribution >= 0.6 is 0 Å². The Morgan fingerprint density at radius 1 is 1.14 bits per heavy atom. The number of hydrogen-bond donors (Lipinski definition) is 0. The maximum Gasteiger partial charge on any atom is 0.143 e. The molecule has 3 aromatic rings. The maximum absolute atomic E-state index is 12.9. The van der Waals surface area contributed by atoms with E-state index in [4.69, 9.17) is 0 Å². The van der Waals surface area contributed by atoms with E-state index in [2.05, 4.69) is 60.0 Å². The van der Waals surface area contributed by atoms with E-state index in [-0.39, 0.29) is 11.3 Å². The number of aryl methyl sites for hydroxylation is 1. The summed E-state index contributed by atoms with van der Waals surface area (Å²) in [6, 6.07) is 8.39. The first-order chi connectivity index (χ1) is 13.8. The molecule has 152 valence electrons. The first-order valence-corrected chi connectivity index (χ1v) is 10.4. The summed E-state index contributed by atoms with van der Waals surface area (Å²) in [5.41, 5.74) is 3.35. The van der Waals surface area contributed by atoms with Crippen LogP contribution in [0.15, 0.2) is 42.9 Å². The number of benzene rings is 1. The SMILES string of the molecule is Cn1cc(-c2ccc3cnc(CC(=O)C4CCN(CC(C)(C)C)C4)cc3c2)cn1. The third-order valence-corrected chi connectivity index (χ3v) is 5.60. The van der Waals surface area contributed by atoms with Gasteiger partial charge in [-0.1, -0.05) is 32.9 Å². The van der Waals surface area contributed by atoms with Crippen molar-refractivity contribution in [2.45, 2.75) is 33.6 Å². The molecule has 0 N–H and O–H groups in total. The summed E-state index contributed by atoms with van der Waals surface area (Å²) in [5, 5.41) is 6.46. The number of fused-ring (bicyclic) bond motifs is 1. The van der Waals surface area contributed by atoms with Gasteiger partial charge in [0.05, 0.1) is 6.20 Å². The zero-order valence-corrected chi connectivity index (χ0v) is 17.9. The van der Waals surface area contributed by atoms with Crippen molar-refractivity contribution in [1.82, 2.24) is 19.7 Å². The summed E-state index contributed by atoms with van der Waals surface area (Å²) in [5.74, 6) is 0.452. The number of Topliss-reactive ketones (excluding diaryl/α,β-unsaturated/α-hetero) is 1. The van der Waals surface area contributed by atoms with Crippen LogP contribution in [-0.2, 0) is 18.3 Å². The minimum absolute atomic E-state index is 0.136. The van der Waals surface area contributed by atoms with Crippen molar-refractivity contribution >= 4 is 16.6 Å². The van der Waals surface area contributed by atoms with Crippen LogP contribution in [0, 0.1) is 11.3 Å². The highest BCUT2D eigenvalue weighted by Crippen LogP contribution is 2.26. The summed E-state index contributed by atoms with van der Waals surface area (Å²) in [6.07, 6.45) is 7.15. The first kappa shape index (κ1) is 19.8. The van der Waals surface area contributed by atoms with Crippen LogP contribution < -0.4 is 0 Å². The second-order valence-electron chi connectivity index (χ2n) is 9.56. The summed E-state index contributed by atoms with van der Waals surface area (Å²) in [6.45, 7) is 9.70. The van der Waals surface area contributed by atoms with E-state index in [0.29, 0.717) is 12.2 Å². The van der Waals surface area contributed by atoms with Gasteiger partial charge in [-0.15, -0.1) is 0 Å². The van der Waals surface area contributed by atoms with Crippen molar-refractivity contribution < 1.29 is 4.79 Å². The molecule has 1 aliphatic rings. The highest BCUT2D eigenvalue weighted by molar-refractivity contribution is 5.88. The second kappa shape index (κ2) is 7.71. The number of hydrogen-bond acceptors (Lipinski definition) is 4. The van der Waals surface area contributed by atoms with Crippen LogP contribution in [0.25, 0.3) is 21.9 Å². The molecule has 4 rings (SSSR count). The van der Waals surface area contributed by atoms with E-state index in [1.165, 1.54) is 0 Å². The summed E-state index contributed by atoms with van der Waals surface area (Å²) in [7, 11) is 1.92. The van der Waals surface area contributed by atoms with Crippen molar-refractivity contribution in [3.05, 3.63) is 48.5 Å². The Hall–Kier alpha value is -2.53. The fourth-order valence-electron chi connectivity index (χ4n) is 4.27. The average Bonchev–Trinajstić information content (AvgIpc) is 3.29. The Morgan fingerprint density at radius 3 is 2.69 bits per heavy atom. The maximum atomic E-state index is 12.9. The average molecular weight is 391 g/mol. The van der Waals surface area contributed by atoms with E-state index in [1.54, 1.807) is 4.68 Å². The molecule has 5 nitrogen and oxygen atoms in total. The fraction of sp³-hybridized carbons (Fsp3) is 0.458. The summed E-state index contributed by atoms with van der Waals surface area (Å²) < 4.78 is 1.81. The topological polar surface area (TPSA) is 51.0 Å². The monoisotopic (exact) mass is 390 g/mol. The smallest absolute Gasteiger partial charge is 0.143 e. The molecule has 5 heteroatoms. The Bertz CT molecular complexity index is 1030. The minimum atomic E-state index is 0.136. The number of likely N-dealkylation sites (tertiary alicyclic amines) is 1. The Kier molecular flexibility index (Phi) is 5.26. The number of rotatable bonds is 5. The molecule has 1 saturated heterocycles. The molecule has 0 saturated carbocycles. The number of pyridine rings is 1. The van der Waals surface area contributed by atoms with Crippen molar-refractivity contribution in [2.75, 3.05) is 19.6 Å². The summed E-state index contributed by atoms with van der Waals surface area (Å²) >= 11 is 0. The standard InChI is InChI=1S/C24H30N4O/c1-24(2,3)16-28-8-7-19(15-28)23(29)11-22-10-20-9-17(5-6-18(20)12-25-22)21-13-26-27(4)14-21/h5-6,9-10,12-14,19H,7-8,11,15-16H2,1-4H3. The van der Waals surface area contributed by atoms with E-state index in [0.717, 1.165) is 53.6 Å². The molecule has 1 aliphatic heterocycles. The molecule has 0 bridgehead atoms. The largest absolute Gasteiger partial charge is 0.302 e. The second-order valence-corrected chi connectivity index (χ2v) is 9.56. The summed E-state index contributed by atoms with van der Waals surface area (Å²) in [4.78, 5) is 19.9. The fourth-order valence-corrected chi connectivity index (χ4v) is 4.27. The van der Waals surface area contributed by atoms with E-state index < -0.39 is 0 Å². The Balaban J connectivity index is 1.47. The van der Waals surface area contributed by atoms with Crippen molar-refractivity contribution in [2.24, 2.45) is 18.4 Å². The van der Waals surface area contributed by atoms with E-state index in [9.17, 15) is 4.79 Å². The zero-order valence-electron chi connectivity index (χ0n) is 17.9. The number of ketones is 1. The predicted molar refractivity (Wildman–Crippen MR) is 117 cm³/mol. The van der Waals surface area contributed by atoms with Crippen LogP contribution in [0.2, 0.25) is 0 Å². The number of carbonyl (C=O) groups is 1. The van der Waals surface area contributed by atoms with Gasteiger partial charge in [0, 0.05) is 61.5 Å². The minimum Gasteiger partial charge on any atom is -0.302 e. The van der Waals surface area contributed by atoms with Gasteiger partial charge in [0.1, 0.15) is 5.78 Å². The number of aromatic nitrogens is 3. The van der Waals surface area contributed by atoms with Gasteiger partial charge in [-0.3, -0.25) is 14.5 Å². The van der Waals surface area contributed by atoms with Gasteiger partial charge < -0.3 is 4.90 Å². The van der Waals surface area contributed by atoms with Gasteiger partial charge in [0.25, 0.3) is 0 Å². The normalized spacial score (nSPS) is 17.9. The molecule has 0 spiro atoms. The lowest BCUT2D eigenvalue weighted by atomic mass is 9.96. The Morgan fingerprint density at radius 2 is 1.97 bits per heavy atom. The molecule has 0 amide bonds. The first-order valence-electron chi connectivity index (χ1n) is 10.4. The van der Waals surface area contributed by atoms with Gasteiger partial charge in [0.15, 0.2) is 0 Å². The molecule has 29 heavy (non-hydrogen) atoms. The molecule has 1 fully saturated rings. The molecular formula is C24H30N4O. The molecular weight excluding hydrogens is 360 g/mol. The molecule has 0 aliphatic carbocycles. The van der Waals surface area contributed by atoms with Crippen molar-refractivity contribution in [3.63, 3.8) is 0 Å². The van der Waals surface area contributed by atoms with Gasteiger partial charge in [-0.25, -0.2) is 0 Å².